The van der Waals surface area contributed by atoms with Crippen LogP contribution in [0.3, 0.4) is 0 Å². The maximum absolute atomic E-state index is 11.7. The van der Waals surface area contributed by atoms with Crippen LogP contribution in [0, 0.1) is 6.92 Å². The summed E-state index contributed by atoms with van der Waals surface area (Å²) < 4.78 is 0. The van der Waals surface area contributed by atoms with Crippen molar-refractivity contribution in [2.45, 2.75) is 19.8 Å². The Hall–Kier alpha value is -1.88. The standard InChI is InChI=1S/C14H21N3O2/c1-11-4-6-12(7-5-11)14(19)17-10-9-16-13(18)3-2-8-15/h4-7H,2-3,8-10,15H2,1H3,(H,16,18)(H,17,19). The van der Waals surface area contributed by atoms with Crippen LogP contribution < -0.4 is 16.4 Å². The molecule has 0 saturated carbocycles. The Morgan fingerprint density at radius 3 is 2.37 bits per heavy atom. The molecule has 0 spiro atoms. The second kappa shape index (κ2) is 8.26. The van der Waals surface area contributed by atoms with Gasteiger partial charge in [-0.15, -0.1) is 0 Å². The van der Waals surface area contributed by atoms with E-state index < -0.39 is 0 Å². The van der Waals surface area contributed by atoms with Gasteiger partial charge in [0.25, 0.3) is 5.91 Å². The SMILES string of the molecule is Cc1ccc(C(=O)NCCNC(=O)CCCN)cc1. The van der Waals surface area contributed by atoms with Crippen LogP contribution in [0.2, 0.25) is 0 Å². The van der Waals surface area contributed by atoms with E-state index in [0.29, 0.717) is 38.0 Å². The Kier molecular flexibility index (Phi) is 6.60. The monoisotopic (exact) mass is 263 g/mol. The first kappa shape index (κ1) is 15.2. The fourth-order valence-corrected chi connectivity index (χ4v) is 1.54. The van der Waals surface area contributed by atoms with E-state index in [1.54, 1.807) is 12.1 Å². The number of hydrogen-bond donors (Lipinski definition) is 3. The van der Waals surface area contributed by atoms with Gasteiger partial charge in [-0.3, -0.25) is 9.59 Å². The molecule has 0 radical (unpaired) electrons. The van der Waals surface area contributed by atoms with Gasteiger partial charge in [-0.1, -0.05) is 17.7 Å². The molecule has 2 amide bonds. The summed E-state index contributed by atoms with van der Waals surface area (Å²) in [6, 6.07) is 7.35. The van der Waals surface area contributed by atoms with E-state index >= 15 is 0 Å². The molecule has 0 aromatic heterocycles. The minimum atomic E-state index is -0.129. The second-order valence-electron chi connectivity index (χ2n) is 4.36. The molecule has 1 aromatic rings. The fourth-order valence-electron chi connectivity index (χ4n) is 1.54. The quantitative estimate of drug-likeness (QED) is 0.629. The lowest BCUT2D eigenvalue weighted by Crippen LogP contribution is -2.34. The molecule has 0 fully saturated rings. The van der Waals surface area contributed by atoms with Crippen molar-refractivity contribution in [1.82, 2.24) is 10.6 Å². The zero-order chi connectivity index (χ0) is 14.1. The minimum absolute atomic E-state index is 0.0324. The van der Waals surface area contributed by atoms with Crippen molar-refractivity contribution < 1.29 is 9.59 Å². The molecule has 0 aliphatic rings. The van der Waals surface area contributed by atoms with E-state index in [1.165, 1.54) is 0 Å². The third-order valence-electron chi connectivity index (χ3n) is 2.65. The normalized spacial score (nSPS) is 10.0. The lowest BCUT2D eigenvalue weighted by atomic mass is 10.1. The van der Waals surface area contributed by atoms with Crippen LogP contribution in [0.15, 0.2) is 24.3 Å². The van der Waals surface area contributed by atoms with Gasteiger partial charge in [0, 0.05) is 25.1 Å². The molecule has 104 valence electrons. The van der Waals surface area contributed by atoms with E-state index in [2.05, 4.69) is 10.6 Å². The molecule has 19 heavy (non-hydrogen) atoms. The summed E-state index contributed by atoms with van der Waals surface area (Å²) in [5.74, 6) is -0.161. The van der Waals surface area contributed by atoms with Crippen LogP contribution in [0.4, 0.5) is 0 Å². The Bertz CT molecular complexity index is 415. The zero-order valence-electron chi connectivity index (χ0n) is 11.2. The van der Waals surface area contributed by atoms with Crippen LogP contribution >= 0.6 is 0 Å². The summed E-state index contributed by atoms with van der Waals surface area (Å²) in [6.07, 6.45) is 1.12. The topological polar surface area (TPSA) is 84.2 Å². The smallest absolute Gasteiger partial charge is 0.251 e. The lowest BCUT2D eigenvalue weighted by Gasteiger charge is -2.07. The molecule has 5 heteroatoms. The van der Waals surface area contributed by atoms with Gasteiger partial charge in [-0.05, 0) is 32.0 Å². The molecular formula is C14H21N3O2. The van der Waals surface area contributed by atoms with Gasteiger partial charge in [0.1, 0.15) is 0 Å². The largest absolute Gasteiger partial charge is 0.354 e. The molecule has 1 aromatic carbocycles. The highest BCUT2D eigenvalue weighted by atomic mass is 16.2. The summed E-state index contributed by atoms with van der Waals surface area (Å²) in [7, 11) is 0. The molecule has 5 nitrogen and oxygen atoms in total. The molecular weight excluding hydrogens is 242 g/mol. The van der Waals surface area contributed by atoms with E-state index in [0.717, 1.165) is 5.56 Å². The van der Waals surface area contributed by atoms with Gasteiger partial charge in [-0.25, -0.2) is 0 Å². The molecule has 0 aliphatic heterocycles. The molecule has 0 heterocycles. The van der Waals surface area contributed by atoms with Crippen LogP contribution in [0.5, 0.6) is 0 Å². The van der Waals surface area contributed by atoms with Crippen molar-refractivity contribution in [1.29, 1.82) is 0 Å². The Morgan fingerprint density at radius 1 is 1.11 bits per heavy atom. The molecule has 0 aliphatic carbocycles. The van der Waals surface area contributed by atoms with Gasteiger partial charge >= 0.3 is 0 Å². The highest BCUT2D eigenvalue weighted by Gasteiger charge is 2.04. The van der Waals surface area contributed by atoms with E-state index in [-0.39, 0.29) is 11.8 Å². The average molecular weight is 263 g/mol. The minimum Gasteiger partial charge on any atom is -0.354 e. The first-order valence-corrected chi connectivity index (χ1v) is 6.45. The molecule has 0 saturated heterocycles. The maximum atomic E-state index is 11.7. The third-order valence-corrected chi connectivity index (χ3v) is 2.65. The Balaban J connectivity index is 2.20. The number of hydrogen-bond acceptors (Lipinski definition) is 3. The van der Waals surface area contributed by atoms with Gasteiger partial charge < -0.3 is 16.4 Å². The van der Waals surface area contributed by atoms with E-state index in [1.807, 2.05) is 19.1 Å². The molecule has 0 atom stereocenters. The number of nitrogens with one attached hydrogen (secondary N) is 2. The van der Waals surface area contributed by atoms with Crippen LogP contribution in [0.1, 0.15) is 28.8 Å². The number of benzene rings is 1. The van der Waals surface area contributed by atoms with Crippen molar-refractivity contribution in [2.24, 2.45) is 5.73 Å². The summed E-state index contributed by atoms with van der Waals surface area (Å²) in [5.41, 5.74) is 7.05. The summed E-state index contributed by atoms with van der Waals surface area (Å²) in [4.78, 5) is 23.0. The highest BCUT2D eigenvalue weighted by molar-refractivity contribution is 5.94. The number of aryl methyl sites for hydroxylation is 1. The number of carbonyl (C=O) groups excluding carboxylic acids is 2. The fraction of sp³-hybridized carbons (Fsp3) is 0.429. The van der Waals surface area contributed by atoms with Gasteiger partial charge in [-0.2, -0.15) is 0 Å². The van der Waals surface area contributed by atoms with Gasteiger partial charge in [0.15, 0.2) is 0 Å². The average Bonchev–Trinajstić information content (AvgIpc) is 2.41. The Labute approximate surface area is 113 Å². The van der Waals surface area contributed by atoms with Gasteiger partial charge in [0.2, 0.25) is 5.91 Å². The van der Waals surface area contributed by atoms with Crippen molar-refractivity contribution in [3.63, 3.8) is 0 Å². The number of amides is 2. The van der Waals surface area contributed by atoms with Crippen molar-refractivity contribution in [3.05, 3.63) is 35.4 Å². The Morgan fingerprint density at radius 2 is 1.74 bits per heavy atom. The zero-order valence-corrected chi connectivity index (χ0v) is 11.2. The maximum Gasteiger partial charge on any atom is 0.251 e. The van der Waals surface area contributed by atoms with Gasteiger partial charge in [0.05, 0.1) is 0 Å². The summed E-state index contributed by atoms with van der Waals surface area (Å²) >= 11 is 0. The molecule has 1 rings (SSSR count). The predicted octanol–water partition coefficient (Wildman–Crippen LogP) is 0.580. The third kappa shape index (κ3) is 6.01. The summed E-state index contributed by atoms with van der Waals surface area (Å²) in [5, 5.41) is 5.48. The van der Waals surface area contributed by atoms with Crippen molar-refractivity contribution >= 4 is 11.8 Å². The predicted molar refractivity (Wildman–Crippen MR) is 74.8 cm³/mol. The van der Waals surface area contributed by atoms with Crippen LogP contribution in [-0.2, 0) is 4.79 Å². The molecule has 0 unspecified atom stereocenters. The first-order valence-electron chi connectivity index (χ1n) is 6.45. The number of nitrogens with two attached hydrogens (primary N) is 1. The second-order valence-corrected chi connectivity index (χ2v) is 4.36. The van der Waals surface area contributed by atoms with Crippen molar-refractivity contribution in [3.8, 4) is 0 Å². The van der Waals surface area contributed by atoms with E-state index in [9.17, 15) is 9.59 Å². The lowest BCUT2D eigenvalue weighted by molar-refractivity contribution is -0.121. The number of carbonyl (C=O) groups is 2. The van der Waals surface area contributed by atoms with Crippen LogP contribution in [0.25, 0.3) is 0 Å². The highest BCUT2D eigenvalue weighted by Crippen LogP contribution is 2.02. The molecule has 0 bridgehead atoms. The number of rotatable bonds is 7. The first-order chi connectivity index (χ1) is 9.13. The van der Waals surface area contributed by atoms with Crippen LogP contribution in [-0.4, -0.2) is 31.4 Å². The summed E-state index contributed by atoms with van der Waals surface area (Å²) in [6.45, 7) is 3.33. The molecule has 4 N–H and O–H groups in total. The van der Waals surface area contributed by atoms with E-state index in [4.69, 9.17) is 5.73 Å². The van der Waals surface area contributed by atoms with Crippen molar-refractivity contribution in [2.75, 3.05) is 19.6 Å².